The first kappa shape index (κ1) is 24.3. The van der Waals surface area contributed by atoms with Crippen molar-refractivity contribution in [3.8, 4) is 0 Å². The van der Waals surface area contributed by atoms with E-state index in [1.807, 2.05) is 6.92 Å². The number of carbonyl (C=O) groups is 2. The molecule has 4 N–H and O–H groups in total. The zero-order chi connectivity index (χ0) is 25.2. The van der Waals surface area contributed by atoms with Gasteiger partial charge in [0.2, 0.25) is 5.91 Å². The van der Waals surface area contributed by atoms with Gasteiger partial charge in [-0.05, 0) is 43.5 Å². The molecule has 7 nitrogen and oxygen atoms in total. The second-order valence-electron chi connectivity index (χ2n) is 9.12. The Bertz CT molecular complexity index is 1270. The Hall–Kier alpha value is -3.88. The molecule has 3 aromatic rings. The van der Waals surface area contributed by atoms with Crippen LogP contribution in [0.3, 0.4) is 0 Å². The summed E-state index contributed by atoms with van der Waals surface area (Å²) in [4.78, 5) is 33.8. The molecule has 35 heavy (non-hydrogen) atoms. The second-order valence-corrected chi connectivity index (χ2v) is 9.12. The first-order chi connectivity index (χ1) is 16.6. The van der Waals surface area contributed by atoms with Crippen LogP contribution in [-0.2, 0) is 17.3 Å². The molecule has 1 fully saturated rings. The van der Waals surface area contributed by atoms with Crippen LogP contribution in [0, 0.1) is 12.3 Å². The molecule has 0 unspecified atom stereocenters. The van der Waals surface area contributed by atoms with Crippen LogP contribution in [-0.4, -0.2) is 21.7 Å². The van der Waals surface area contributed by atoms with Gasteiger partial charge in [0.25, 0.3) is 5.92 Å². The standard InChI is InChI=1S/C26H27F2N5O2/c1-16-9-19(33-21-6-4-3-5-20(21)25(2,27)28)14-31-22(16)15-32-24(35)26(7-8-26)11-23(34)17-10-18(29)13-30-12-17/h3-6,9-10,12-14,33H,7-8,11,15,29H2,1-2H3,(H,32,35). The fourth-order valence-corrected chi connectivity index (χ4v) is 3.99. The van der Waals surface area contributed by atoms with E-state index in [2.05, 4.69) is 20.6 Å². The molecule has 1 aromatic carbocycles. The minimum Gasteiger partial charge on any atom is -0.397 e. The van der Waals surface area contributed by atoms with Crippen molar-refractivity contribution < 1.29 is 18.4 Å². The van der Waals surface area contributed by atoms with Gasteiger partial charge in [-0.25, -0.2) is 8.78 Å². The molecule has 2 heterocycles. The van der Waals surface area contributed by atoms with Gasteiger partial charge in [0.05, 0.1) is 35.2 Å². The lowest BCUT2D eigenvalue weighted by Crippen LogP contribution is -2.33. The monoisotopic (exact) mass is 479 g/mol. The molecule has 2 aromatic heterocycles. The van der Waals surface area contributed by atoms with Crippen LogP contribution in [0.4, 0.5) is 25.8 Å². The van der Waals surface area contributed by atoms with E-state index < -0.39 is 11.3 Å². The topological polar surface area (TPSA) is 110 Å². The number of rotatable bonds is 9. The van der Waals surface area contributed by atoms with Crippen molar-refractivity contribution in [1.82, 2.24) is 15.3 Å². The van der Waals surface area contributed by atoms with E-state index in [9.17, 15) is 18.4 Å². The lowest BCUT2D eigenvalue weighted by Gasteiger charge is -2.18. The number of pyridine rings is 2. The summed E-state index contributed by atoms with van der Waals surface area (Å²) < 4.78 is 27.8. The highest BCUT2D eigenvalue weighted by Crippen LogP contribution is 2.49. The highest BCUT2D eigenvalue weighted by molar-refractivity contribution is 6.01. The van der Waals surface area contributed by atoms with Gasteiger partial charge in [0.15, 0.2) is 5.78 Å². The third kappa shape index (κ3) is 5.62. The fraction of sp³-hybridized carbons (Fsp3) is 0.308. The number of benzene rings is 1. The Morgan fingerprint density at radius 3 is 2.54 bits per heavy atom. The molecular weight excluding hydrogens is 452 g/mol. The molecule has 0 aliphatic heterocycles. The zero-order valence-corrected chi connectivity index (χ0v) is 19.6. The number of nitrogens with zero attached hydrogens (tertiary/aromatic N) is 2. The number of anilines is 3. The Kier molecular flexibility index (Phi) is 6.51. The molecule has 1 aliphatic carbocycles. The SMILES string of the molecule is Cc1cc(Nc2ccccc2C(C)(F)F)cnc1CNC(=O)C1(CC(=O)c2cncc(N)c2)CC1. The Balaban J connectivity index is 1.38. The van der Waals surface area contributed by atoms with Crippen LogP contribution in [0.5, 0.6) is 0 Å². The van der Waals surface area contributed by atoms with Gasteiger partial charge >= 0.3 is 0 Å². The van der Waals surface area contributed by atoms with Crippen molar-refractivity contribution in [3.63, 3.8) is 0 Å². The van der Waals surface area contributed by atoms with Gasteiger partial charge in [-0.3, -0.25) is 19.6 Å². The summed E-state index contributed by atoms with van der Waals surface area (Å²) in [5.41, 5.74) is 7.99. The number of alkyl halides is 2. The van der Waals surface area contributed by atoms with Crippen molar-refractivity contribution in [3.05, 3.63) is 77.4 Å². The minimum absolute atomic E-state index is 0.0979. The Morgan fingerprint density at radius 2 is 1.89 bits per heavy atom. The van der Waals surface area contributed by atoms with E-state index >= 15 is 0 Å². The van der Waals surface area contributed by atoms with E-state index in [0.29, 0.717) is 41.2 Å². The number of aryl methyl sites for hydroxylation is 1. The number of nitrogens with two attached hydrogens (primary N) is 1. The maximum atomic E-state index is 13.9. The van der Waals surface area contributed by atoms with Crippen molar-refractivity contribution in [2.75, 3.05) is 11.1 Å². The van der Waals surface area contributed by atoms with Crippen LogP contribution in [0.1, 0.15) is 53.4 Å². The molecule has 0 spiro atoms. The Morgan fingerprint density at radius 1 is 1.14 bits per heavy atom. The molecule has 1 saturated carbocycles. The van der Waals surface area contributed by atoms with Crippen LogP contribution >= 0.6 is 0 Å². The summed E-state index contributed by atoms with van der Waals surface area (Å²) in [7, 11) is 0. The number of nitrogens with one attached hydrogen (secondary N) is 2. The molecule has 1 amide bonds. The largest absolute Gasteiger partial charge is 0.397 e. The molecule has 0 radical (unpaired) electrons. The predicted molar refractivity (Wildman–Crippen MR) is 129 cm³/mol. The number of halogens is 2. The van der Waals surface area contributed by atoms with E-state index in [0.717, 1.165) is 12.5 Å². The third-order valence-corrected chi connectivity index (χ3v) is 6.20. The van der Waals surface area contributed by atoms with E-state index in [1.165, 1.54) is 18.5 Å². The lowest BCUT2D eigenvalue weighted by molar-refractivity contribution is -0.126. The maximum Gasteiger partial charge on any atom is 0.272 e. The number of Topliss-reactive ketones (excluding diaryl/α,β-unsaturated/α-hetero) is 1. The summed E-state index contributed by atoms with van der Waals surface area (Å²) in [6.45, 7) is 2.89. The summed E-state index contributed by atoms with van der Waals surface area (Å²) in [5.74, 6) is -3.34. The normalized spacial score (nSPS) is 14.3. The van der Waals surface area contributed by atoms with E-state index in [1.54, 1.807) is 36.5 Å². The summed E-state index contributed by atoms with van der Waals surface area (Å²) in [6.07, 6.45) is 5.83. The summed E-state index contributed by atoms with van der Waals surface area (Å²) >= 11 is 0. The van der Waals surface area contributed by atoms with Crippen LogP contribution in [0.25, 0.3) is 0 Å². The highest BCUT2D eigenvalue weighted by atomic mass is 19.3. The lowest BCUT2D eigenvalue weighted by atomic mass is 9.95. The smallest absolute Gasteiger partial charge is 0.272 e. The molecular formula is C26H27F2N5O2. The fourth-order valence-electron chi connectivity index (χ4n) is 3.99. The number of ketones is 1. The van der Waals surface area contributed by atoms with Crippen molar-refractivity contribution in [2.24, 2.45) is 5.41 Å². The molecule has 0 bridgehead atoms. The molecule has 4 rings (SSSR count). The van der Waals surface area contributed by atoms with Crippen molar-refractivity contribution in [2.45, 2.75) is 45.6 Å². The zero-order valence-electron chi connectivity index (χ0n) is 19.6. The average molecular weight is 480 g/mol. The molecule has 182 valence electrons. The van der Waals surface area contributed by atoms with E-state index in [4.69, 9.17) is 5.73 Å². The highest BCUT2D eigenvalue weighted by Gasteiger charge is 2.51. The third-order valence-electron chi connectivity index (χ3n) is 6.20. The first-order valence-corrected chi connectivity index (χ1v) is 11.3. The summed E-state index contributed by atoms with van der Waals surface area (Å²) in [5, 5.41) is 5.90. The van der Waals surface area contributed by atoms with Gasteiger partial charge in [0.1, 0.15) is 0 Å². The molecule has 0 saturated heterocycles. The molecule has 0 atom stereocenters. The van der Waals surface area contributed by atoms with Gasteiger partial charge in [-0.1, -0.05) is 18.2 Å². The maximum absolute atomic E-state index is 13.9. The van der Waals surface area contributed by atoms with Gasteiger partial charge in [-0.15, -0.1) is 0 Å². The number of nitrogen functional groups attached to an aromatic ring is 1. The molecule has 9 heteroatoms. The van der Waals surface area contributed by atoms with Crippen LogP contribution in [0.15, 0.2) is 55.0 Å². The van der Waals surface area contributed by atoms with Crippen LogP contribution in [0.2, 0.25) is 0 Å². The number of amides is 1. The van der Waals surface area contributed by atoms with Crippen molar-refractivity contribution in [1.29, 1.82) is 0 Å². The minimum atomic E-state index is -2.99. The van der Waals surface area contributed by atoms with Gasteiger partial charge in [-0.2, -0.15) is 0 Å². The number of hydrogen-bond acceptors (Lipinski definition) is 6. The predicted octanol–water partition coefficient (Wildman–Crippen LogP) is 4.89. The van der Waals surface area contributed by atoms with Gasteiger partial charge in [0, 0.05) is 42.6 Å². The first-order valence-electron chi connectivity index (χ1n) is 11.3. The number of para-hydroxylation sites is 1. The Labute approximate surface area is 202 Å². The summed E-state index contributed by atoms with van der Waals surface area (Å²) in [6, 6.07) is 9.58. The number of hydrogen-bond donors (Lipinski definition) is 3. The van der Waals surface area contributed by atoms with E-state index in [-0.39, 0.29) is 30.2 Å². The van der Waals surface area contributed by atoms with Crippen molar-refractivity contribution >= 4 is 28.8 Å². The molecule has 1 aliphatic rings. The number of aromatic nitrogens is 2. The average Bonchev–Trinajstić information content (AvgIpc) is 3.58. The van der Waals surface area contributed by atoms with Gasteiger partial charge < -0.3 is 16.4 Å². The quantitative estimate of drug-likeness (QED) is 0.377. The second kappa shape index (κ2) is 9.40. The number of carbonyl (C=O) groups excluding carboxylic acids is 2. The van der Waals surface area contributed by atoms with Crippen LogP contribution < -0.4 is 16.4 Å².